The van der Waals surface area contributed by atoms with E-state index in [9.17, 15) is 23.1 Å². The maximum atomic E-state index is 12.6. The second-order valence-corrected chi connectivity index (χ2v) is 6.68. The molecule has 31 heavy (non-hydrogen) atoms. The molecular formula is C23H16ClF3O4. The van der Waals surface area contributed by atoms with E-state index in [0.29, 0.717) is 17.1 Å². The van der Waals surface area contributed by atoms with E-state index in [1.165, 1.54) is 30.3 Å². The van der Waals surface area contributed by atoms with Gasteiger partial charge in [-0.1, -0.05) is 48.0 Å². The zero-order valence-corrected chi connectivity index (χ0v) is 16.7. The van der Waals surface area contributed by atoms with E-state index >= 15 is 0 Å². The zero-order chi connectivity index (χ0) is 22.4. The van der Waals surface area contributed by atoms with Crippen molar-refractivity contribution in [2.24, 2.45) is 0 Å². The number of hydrogen-bond donors (Lipinski definition) is 1. The van der Waals surface area contributed by atoms with Crippen molar-refractivity contribution in [3.63, 3.8) is 0 Å². The Labute approximate surface area is 181 Å². The summed E-state index contributed by atoms with van der Waals surface area (Å²) in [5.41, 5.74) is -0.201. The summed E-state index contributed by atoms with van der Waals surface area (Å²) in [6, 6.07) is 15.9. The van der Waals surface area contributed by atoms with Gasteiger partial charge in [0.2, 0.25) is 0 Å². The number of carboxylic acid groups (broad SMARTS) is 1. The SMILES string of the molecule is O=C(O)c1cccc(Oc2ccccc2OCC=Cc2ccc(C(F)(F)F)cc2)c1Cl. The maximum absolute atomic E-state index is 12.6. The van der Waals surface area contributed by atoms with Crippen LogP contribution in [0.5, 0.6) is 17.2 Å². The third-order valence-corrected chi connectivity index (χ3v) is 4.54. The smallest absolute Gasteiger partial charge is 0.416 e. The van der Waals surface area contributed by atoms with Crippen molar-refractivity contribution in [3.8, 4) is 17.2 Å². The second-order valence-electron chi connectivity index (χ2n) is 6.30. The van der Waals surface area contributed by atoms with Crippen LogP contribution in [-0.4, -0.2) is 17.7 Å². The molecule has 0 saturated carbocycles. The summed E-state index contributed by atoms with van der Waals surface area (Å²) in [7, 11) is 0. The van der Waals surface area contributed by atoms with Gasteiger partial charge in [0.05, 0.1) is 16.1 Å². The highest BCUT2D eigenvalue weighted by atomic mass is 35.5. The normalized spacial score (nSPS) is 11.5. The van der Waals surface area contributed by atoms with Crippen LogP contribution < -0.4 is 9.47 Å². The molecule has 3 aromatic carbocycles. The summed E-state index contributed by atoms with van der Waals surface area (Å²) >= 11 is 6.11. The standard InChI is InChI=1S/C23H16ClF3O4/c24-21-17(22(28)29)6-3-9-20(21)31-19-8-2-1-7-18(19)30-14-4-5-15-10-12-16(13-11-15)23(25,26)27/h1-13H,14H2,(H,28,29). The molecule has 0 aliphatic rings. The Hall–Kier alpha value is -3.45. The molecule has 3 aromatic rings. The molecule has 1 N–H and O–H groups in total. The van der Waals surface area contributed by atoms with E-state index in [0.717, 1.165) is 12.1 Å². The lowest BCUT2D eigenvalue weighted by Crippen LogP contribution is -2.04. The number of alkyl halides is 3. The molecule has 0 saturated heterocycles. The number of para-hydroxylation sites is 2. The maximum Gasteiger partial charge on any atom is 0.416 e. The van der Waals surface area contributed by atoms with Crippen molar-refractivity contribution in [3.05, 3.63) is 94.5 Å². The molecular weight excluding hydrogens is 433 g/mol. The molecule has 0 aliphatic heterocycles. The Morgan fingerprint density at radius 1 is 0.935 bits per heavy atom. The van der Waals surface area contributed by atoms with Crippen LogP contribution >= 0.6 is 11.6 Å². The number of benzene rings is 3. The van der Waals surface area contributed by atoms with Gasteiger partial charge in [0.15, 0.2) is 11.5 Å². The first-order chi connectivity index (χ1) is 14.8. The lowest BCUT2D eigenvalue weighted by Gasteiger charge is -2.13. The summed E-state index contributed by atoms with van der Waals surface area (Å²) in [6.45, 7) is 0.129. The first kappa shape index (κ1) is 22.2. The van der Waals surface area contributed by atoms with Crippen molar-refractivity contribution in [2.45, 2.75) is 6.18 Å². The van der Waals surface area contributed by atoms with Gasteiger partial charge in [0.25, 0.3) is 0 Å². The van der Waals surface area contributed by atoms with Gasteiger partial charge in [-0.3, -0.25) is 0 Å². The molecule has 0 aromatic heterocycles. The fraction of sp³-hybridized carbons (Fsp3) is 0.0870. The number of ether oxygens (including phenoxy) is 2. The van der Waals surface area contributed by atoms with Crippen LogP contribution in [0.15, 0.2) is 72.8 Å². The second kappa shape index (κ2) is 9.57. The predicted octanol–water partition coefficient (Wildman–Crippen LogP) is 6.94. The minimum atomic E-state index is -4.37. The number of aromatic carboxylic acids is 1. The van der Waals surface area contributed by atoms with Crippen molar-refractivity contribution >= 4 is 23.6 Å². The largest absolute Gasteiger partial charge is 0.486 e. The van der Waals surface area contributed by atoms with Gasteiger partial charge < -0.3 is 14.6 Å². The molecule has 0 radical (unpaired) electrons. The van der Waals surface area contributed by atoms with Gasteiger partial charge in [-0.25, -0.2) is 4.79 Å². The minimum Gasteiger partial charge on any atom is -0.486 e. The minimum absolute atomic E-state index is 0.0352. The van der Waals surface area contributed by atoms with Crippen molar-refractivity contribution < 1.29 is 32.5 Å². The molecule has 0 heterocycles. The Bertz CT molecular complexity index is 1090. The van der Waals surface area contributed by atoms with E-state index in [4.69, 9.17) is 21.1 Å². The number of carbonyl (C=O) groups is 1. The van der Waals surface area contributed by atoms with Crippen LogP contribution in [0.25, 0.3) is 6.08 Å². The quantitative estimate of drug-likeness (QED) is 0.425. The van der Waals surface area contributed by atoms with Gasteiger partial charge >= 0.3 is 12.1 Å². The Balaban J connectivity index is 1.67. The fourth-order valence-corrected chi connectivity index (χ4v) is 2.88. The average molecular weight is 449 g/mol. The summed E-state index contributed by atoms with van der Waals surface area (Å²) in [5, 5.41) is 9.14. The van der Waals surface area contributed by atoms with Crippen LogP contribution in [0.4, 0.5) is 13.2 Å². The Morgan fingerprint density at radius 3 is 2.23 bits per heavy atom. The zero-order valence-electron chi connectivity index (χ0n) is 15.9. The molecule has 0 fully saturated rings. The van der Waals surface area contributed by atoms with Crippen LogP contribution in [0.1, 0.15) is 21.5 Å². The molecule has 4 nitrogen and oxygen atoms in total. The van der Waals surface area contributed by atoms with E-state index in [-0.39, 0.29) is 22.9 Å². The predicted molar refractivity (Wildman–Crippen MR) is 111 cm³/mol. The summed E-state index contributed by atoms with van der Waals surface area (Å²) < 4.78 is 49.2. The first-order valence-corrected chi connectivity index (χ1v) is 9.39. The van der Waals surface area contributed by atoms with Crippen LogP contribution in [0.2, 0.25) is 5.02 Å². The van der Waals surface area contributed by atoms with Crippen LogP contribution in [0.3, 0.4) is 0 Å². The molecule has 0 aliphatic carbocycles. The van der Waals surface area contributed by atoms with Crippen molar-refractivity contribution in [1.29, 1.82) is 0 Å². The topological polar surface area (TPSA) is 55.8 Å². The average Bonchev–Trinajstić information content (AvgIpc) is 2.73. The number of carboxylic acids is 1. The highest BCUT2D eigenvalue weighted by Gasteiger charge is 2.29. The van der Waals surface area contributed by atoms with Gasteiger partial charge in [0.1, 0.15) is 12.4 Å². The monoisotopic (exact) mass is 448 g/mol. The lowest BCUT2D eigenvalue weighted by atomic mass is 10.1. The van der Waals surface area contributed by atoms with Crippen molar-refractivity contribution in [2.75, 3.05) is 6.61 Å². The molecule has 0 amide bonds. The molecule has 3 rings (SSSR count). The highest BCUT2D eigenvalue weighted by molar-refractivity contribution is 6.35. The van der Waals surface area contributed by atoms with Crippen LogP contribution in [-0.2, 0) is 6.18 Å². The van der Waals surface area contributed by atoms with Gasteiger partial charge in [-0.2, -0.15) is 13.2 Å². The molecule has 0 spiro atoms. The van der Waals surface area contributed by atoms with E-state index in [1.807, 2.05) is 0 Å². The van der Waals surface area contributed by atoms with E-state index in [2.05, 4.69) is 0 Å². The third-order valence-electron chi connectivity index (χ3n) is 4.15. The van der Waals surface area contributed by atoms with E-state index in [1.54, 1.807) is 36.4 Å². The fourth-order valence-electron chi connectivity index (χ4n) is 2.63. The number of halogens is 4. The third kappa shape index (κ3) is 5.79. The summed E-state index contributed by atoms with van der Waals surface area (Å²) in [4.78, 5) is 11.2. The molecule has 0 bridgehead atoms. The van der Waals surface area contributed by atoms with E-state index < -0.39 is 17.7 Å². The van der Waals surface area contributed by atoms with Gasteiger partial charge in [0, 0.05) is 0 Å². The molecule has 160 valence electrons. The molecule has 0 unspecified atom stereocenters. The lowest BCUT2D eigenvalue weighted by molar-refractivity contribution is -0.137. The number of rotatable bonds is 7. The van der Waals surface area contributed by atoms with Crippen molar-refractivity contribution in [1.82, 2.24) is 0 Å². The first-order valence-electron chi connectivity index (χ1n) is 9.01. The van der Waals surface area contributed by atoms with Gasteiger partial charge in [-0.05, 0) is 48.0 Å². The van der Waals surface area contributed by atoms with Gasteiger partial charge in [-0.15, -0.1) is 0 Å². The summed E-state index contributed by atoms with van der Waals surface area (Å²) in [6.07, 6.45) is -1.09. The Kier molecular flexibility index (Phi) is 6.87. The number of hydrogen-bond acceptors (Lipinski definition) is 3. The highest BCUT2D eigenvalue weighted by Crippen LogP contribution is 2.36. The van der Waals surface area contributed by atoms with Crippen LogP contribution in [0, 0.1) is 0 Å². The summed E-state index contributed by atoms with van der Waals surface area (Å²) in [5.74, 6) is -0.294. The Morgan fingerprint density at radius 2 is 1.58 bits per heavy atom. The molecule has 0 atom stereocenters. The molecule has 8 heteroatoms.